The number of hydrogen-bond acceptors (Lipinski definition) is 3. The lowest BCUT2D eigenvalue weighted by Crippen LogP contribution is -2.14. The third-order valence-corrected chi connectivity index (χ3v) is 6.58. The van der Waals surface area contributed by atoms with Crippen LogP contribution < -0.4 is 4.72 Å². The lowest BCUT2D eigenvalue weighted by atomic mass is 10.2. The Morgan fingerprint density at radius 3 is 2.40 bits per heavy atom. The Morgan fingerprint density at radius 2 is 1.85 bits per heavy atom. The highest BCUT2D eigenvalue weighted by Crippen LogP contribution is 2.32. The quantitative estimate of drug-likeness (QED) is 0.865. The molecule has 0 bridgehead atoms. The molecule has 0 aliphatic rings. The van der Waals surface area contributed by atoms with E-state index in [4.69, 9.17) is 0 Å². The van der Waals surface area contributed by atoms with Crippen LogP contribution in [0.1, 0.15) is 11.1 Å². The molecule has 8 heteroatoms. The summed E-state index contributed by atoms with van der Waals surface area (Å²) in [6.45, 7) is 3.16. The summed E-state index contributed by atoms with van der Waals surface area (Å²) in [5.74, 6) is -1.87. The maximum atomic E-state index is 13.8. The van der Waals surface area contributed by atoms with Gasteiger partial charge < -0.3 is 0 Å². The van der Waals surface area contributed by atoms with Gasteiger partial charge in [-0.3, -0.25) is 4.72 Å². The average Bonchev–Trinajstić information content (AvgIpc) is 2.71. The van der Waals surface area contributed by atoms with Crippen molar-refractivity contribution in [3.8, 4) is 0 Å². The first-order valence-electron chi connectivity index (χ1n) is 5.45. The summed E-state index contributed by atoms with van der Waals surface area (Å²) in [5.41, 5.74) is 0.236. The number of benzene rings is 1. The molecule has 20 heavy (non-hydrogen) atoms. The van der Waals surface area contributed by atoms with Crippen LogP contribution >= 0.6 is 27.3 Å². The topological polar surface area (TPSA) is 46.2 Å². The number of anilines is 1. The second-order valence-corrected chi connectivity index (χ2v) is 8.46. The smallest absolute Gasteiger partial charge is 0.271 e. The molecule has 1 N–H and O–H groups in total. The van der Waals surface area contributed by atoms with Gasteiger partial charge in [-0.15, -0.1) is 11.3 Å². The molecule has 0 fully saturated rings. The third-order valence-electron chi connectivity index (χ3n) is 2.62. The molecule has 1 aromatic heterocycles. The molecule has 0 unspecified atom stereocenters. The van der Waals surface area contributed by atoms with Gasteiger partial charge in [-0.05, 0) is 53.0 Å². The van der Waals surface area contributed by atoms with Crippen LogP contribution in [0, 0.1) is 25.5 Å². The first-order valence-corrected chi connectivity index (χ1v) is 8.55. The molecule has 0 radical (unpaired) electrons. The Morgan fingerprint density at radius 1 is 1.20 bits per heavy atom. The van der Waals surface area contributed by atoms with Crippen LogP contribution in [-0.2, 0) is 10.0 Å². The summed E-state index contributed by atoms with van der Waals surface area (Å²) in [6, 6.07) is 3.70. The number of nitrogens with one attached hydrogen (secondary N) is 1. The summed E-state index contributed by atoms with van der Waals surface area (Å²) in [4.78, 5) is 0. The van der Waals surface area contributed by atoms with E-state index in [-0.39, 0.29) is 9.77 Å². The Kier molecular flexibility index (Phi) is 4.17. The van der Waals surface area contributed by atoms with E-state index in [1.807, 2.05) is 4.72 Å². The minimum atomic E-state index is -4.02. The first-order chi connectivity index (χ1) is 9.22. The first kappa shape index (κ1) is 15.4. The van der Waals surface area contributed by atoms with Gasteiger partial charge in [0.05, 0.1) is 3.79 Å². The van der Waals surface area contributed by atoms with Crippen molar-refractivity contribution in [2.45, 2.75) is 18.1 Å². The molecular formula is C12H10BrF2NO2S2. The molecule has 0 aliphatic heterocycles. The molecule has 0 spiro atoms. The second-order valence-electron chi connectivity index (χ2n) is 4.18. The van der Waals surface area contributed by atoms with Gasteiger partial charge in [0.1, 0.15) is 15.7 Å². The molecule has 0 saturated heterocycles. The molecule has 0 atom stereocenters. The van der Waals surface area contributed by atoms with Crippen LogP contribution in [0.25, 0.3) is 0 Å². The van der Waals surface area contributed by atoms with Crippen molar-refractivity contribution in [3.05, 3.63) is 44.7 Å². The van der Waals surface area contributed by atoms with Crippen LogP contribution in [0.2, 0.25) is 0 Å². The van der Waals surface area contributed by atoms with Crippen molar-refractivity contribution in [1.82, 2.24) is 0 Å². The zero-order valence-corrected chi connectivity index (χ0v) is 13.7. The van der Waals surface area contributed by atoms with Crippen molar-refractivity contribution in [3.63, 3.8) is 0 Å². The predicted molar refractivity (Wildman–Crippen MR) is 78.7 cm³/mol. The molecule has 2 aromatic rings. The minimum absolute atomic E-state index is 0.0119. The fourth-order valence-electron chi connectivity index (χ4n) is 1.50. The molecular weight excluding hydrogens is 372 g/mol. The molecule has 0 saturated carbocycles. The maximum Gasteiger partial charge on any atom is 0.271 e. The van der Waals surface area contributed by atoms with Crippen LogP contribution in [0.5, 0.6) is 0 Å². The van der Waals surface area contributed by atoms with Gasteiger partial charge in [0.15, 0.2) is 5.82 Å². The van der Waals surface area contributed by atoms with E-state index in [1.165, 1.54) is 19.1 Å². The van der Waals surface area contributed by atoms with Crippen molar-refractivity contribution < 1.29 is 17.2 Å². The van der Waals surface area contributed by atoms with E-state index < -0.39 is 27.3 Å². The van der Waals surface area contributed by atoms with E-state index >= 15 is 0 Å². The molecule has 3 nitrogen and oxygen atoms in total. The van der Waals surface area contributed by atoms with Crippen LogP contribution in [0.15, 0.2) is 26.2 Å². The molecule has 108 valence electrons. The van der Waals surface area contributed by atoms with Gasteiger partial charge in [-0.2, -0.15) is 0 Å². The fraction of sp³-hybridized carbons (Fsp3) is 0.167. The number of halogens is 3. The monoisotopic (exact) mass is 381 g/mol. The van der Waals surface area contributed by atoms with Crippen molar-refractivity contribution in [2.24, 2.45) is 0 Å². The van der Waals surface area contributed by atoms with Gasteiger partial charge in [0.2, 0.25) is 0 Å². The number of aryl methyl sites for hydroxylation is 2. The number of rotatable bonds is 3. The zero-order valence-electron chi connectivity index (χ0n) is 10.5. The van der Waals surface area contributed by atoms with E-state index in [2.05, 4.69) is 15.9 Å². The highest BCUT2D eigenvalue weighted by molar-refractivity contribution is 9.11. The van der Waals surface area contributed by atoms with Crippen LogP contribution in [0.4, 0.5) is 14.5 Å². The molecule has 0 aliphatic carbocycles. The Bertz CT molecular complexity index is 753. The van der Waals surface area contributed by atoms with Crippen LogP contribution in [-0.4, -0.2) is 8.42 Å². The predicted octanol–water partition coefficient (Wildman–Crippen LogP) is 4.21. The summed E-state index contributed by atoms with van der Waals surface area (Å²) >= 11 is 4.19. The normalized spacial score (nSPS) is 11.7. The molecule has 1 aromatic carbocycles. The highest BCUT2D eigenvalue weighted by Gasteiger charge is 2.22. The summed E-state index contributed by atoms with van der Waals surface area (Å²) in [7, 11) is -4.02. The van der Waals surface area contributed by atoms with Gasteiger partial charge >= 0.3 is 0 Å². The zero-order chi connectivity index (χ0) is 15.1. The van der Waals surface area contributed by atoms with Crippen molar-refractivity contribution in [1.29, 1.82) is 0 Å². The summed E-state index contributed by atoms with van der Waals surface area (Å²) < 4.78 is 54.3. The molecule has 1 heterocycles. The summed E-state index contributed by atoms with van der Waals surface area (Å²) in [6.07, 6.45) is 0. The van der Waals surface area contributed by atoms with E-state index in [0.717, 1.165) is 23.0 Å². The molecule has 0 amide bonds. The largest absolute Gasteiger partial charge is 0.273 e. The number of sulfonamides is 1. The van der Waals surface area contributed by atoms with Gasteiger partial charge in [-0.1, -0.05) is 6.07 Å². The number of hydrogen-bond donors (Lipinski definition) is 1. The Labute approximate surface area is 127 Å². The lowest BCUT2D eigenvalue weighted by Gasteiger charge is -2.09. The minimum Gasteiger partial charge on any atom is -0.273 e. The van der Waals surface area contributed by atoms with Gasteiger partial charge in [0, 0.05) is 0 Å². The van der Waals surface area contributed by atoms with Crippen molar-refractivity contribution >= 4 is 43.0 Å². The fourth-order valence-corrected chi connectivity index (χ4v) is 4.79. The van der Waals surface area contributed by atoms with E-state index in [1.54, 1.807) is 6.92 Å². The second kappa shape index (κ2) is 5.42. The SMILES string of the molecule is Cc1cc(S(=O)(=O)Nc2c(F)ccc(C)c2F)sc1Br. The highest BCUT2D eigenvalue weighted by atomic mass is 79.9. The Balaban J connectivity index is 2.46. The van der Waals surface area contributed by atoms with E-state index in [9.17, 15) is 17.2 Å². The van der Waals surface area contributed by atoms with Gasteiger partial charge in [-0.25, -0.2) is 17.2 Å². The average molecular weight is 382 g/mol. The number of thiophene rings is 1. The third kappa shape index (κ3) is 2.87. The van der Waals surface area contributed by atoms with Crippen LogP contribution in [0.3, 0.4) is 0 Å². The molecule has 2 rings (SSSR count). The van der Waals surface area contributed by atoms with Gasteiger partial charge in [0.25, 0.3) is 10.0 Å². The summed E-state index contributed by atoms with van der Waals surface area (Å²) in [5, 5.41) is 0. The maximum absolute atomic E-state index is 13.8. The lowest BCUT2D eigenvalue weighted by molar-refractivity contribution is 0.579. The van der Waals surface area contributed by atoms with E-state index in [0.29, 0.717) is 3.79 Å². The Hall–Kier alpha value is -0.990. The van der Waals surface area contributed by atoms with Crippen molar-refractivity contribution in [2.75, 3.05) is 4.72 Å². The standard InChI is InChI=1S/C12H10BrF2NO2S2/c1-6-3-4-8(14)11(10(6)15)16-20(17,18)9-5-7(2)12(13)19-9/h3-5,16H,1-2H3.